The highest BCUT2D eigenvalue weighted by atomic mass is 32.2. The Hall–Kier alpha value is -2.18. The lowest BCUT2D eigenvalue weighted by atomic mass is 10.1. The first-order valence-electron chi connectivity index (χ1n) is 5.68. The van der Waals surface area contributed by atoms with E-state index in [4.69, 9.17) is 15.0 Å². The molecule has 20 heavy (non-hydrogen) atoms. The standard InChI is InChI=1S/C12H11NO2S.C2H4O2/c13-16(14,15)12-8-4-7-11(9-12)10-5-2-1-3-6-10;1-2(3)4/h1-9H,(H2,13,14,15);1H3,(H,3,4). The van der Waals surface area contributed by atoms with E-state index in [2.05, 4.69) is 0 Å². The molecule has 106 valence electrons. The molecule has 2 aromatic carbocycles. The van der Waals surface area contributed by atoms with Gasteiger partial charge in [-0.15, -0.1) is 0 Å². The molecule has 0 aliphatic heterocycles. The number of benzene rings is 2. The smallest absolute Gasteiger partial charge is 0.300 e. The number of carboxylic acid groups (broad SMARTS) is 1. The van der Waals surface area contributed by atoms with Crippen molar-refractivity contribution >= 4 is 16.0 Å². The van der Waals surface area contributed by atoms with E-state index in [0.717, 1.165) is 18.1 Å². The fraction of sp³-hybridized carbons (Fsp3) is 0.0714. The van der Waals surface area contributed by atoms with Gasteiger partial charge in [0.2, 0.25) is 10.0 Å². The van der Waals surface area contributed by atoms with Crippen molar-refractivity contribution in [1.29, 1.82) is 0 Å². The van der Waals surface area contributed by atoms with Crippen LogP contribution in [-0.2, 0) is 14.8 Å². The maximum Gasteiger partial charge on any atom is 0.300 e. The van der Waals surface area contributed by atoms with Crippen LogP contribution >= 0.6 is 0 Å². The van der Waals surface area contributed by atoms with Gasteiger partial charge in [-0.05, 0) is 23.3 Å². The summed E-state index contributed by atoms with van der Waals surface area (Å²) < 4.78 is 22.4. The maximum atomic E-state index is 11.2. The molecular formula is C14H15NO4S. The van der Waals surface area contributed by atoms with Crippen LogP contribution in [0.25, 0.3) is 11.1 Å². The van der Waals surface area contributed by atoms with Gasteiger partial charge in [-0.1, -0.05) is 42.5 Å². The van der Waals surface area contributed by atoms with Crippen LogP contribution in [0, 0.1) is 0 Å². The molecule has 6 heteroatoms. The number of primary sulfonamides is 1. The van der Waals surface area contributed by atoms with Crippen molar-refractivity contribution in [2.24, 2.45) is 5.14 Å². The fourth-order valence-corrected chi connectivity index (χ4v) is 2.04. The van der Waals surface area contributed by atoms with E-state index < -0.39 is 16.0 Å². The minimum Gasteiger partial charge on any atom is -0.481 e. The number of aliphatic carboxylic acids is 1. The van der Waals surface area contributed by atoms with E-state index >= 15 is 0 Å². The zero-order valence-corrected chi connectivity index (χ0v) is 11.7. The molecule has 0 amide bonds. The summed E-state index contributed by atoms with van der Waals surface area (Å²) in [5.41, 5.74) is 1.81. The Kier molecular flexibility index (Phi) is 5.42. The zero-order chi connectivity index (χ0) is 15.2. The Morgan fingerprint density at radius 2 is 1.50 bits per heavy atom. The van der Waals surface area contributed by atoms with Gasteiger partial charge in [-0.25, -0.2) is 13.6 Å². The fourth-order valence-electron chi connectivity index (χ4n) is 1.48. The number of rotatable bonds is 2. The number of hydrogen-bond acceptors (Lipinski definition) is 3. The average molecular weight is 293 g/mol. The summed E-state index contributed by atoms with van der Waals surface area (Å²) in [5.74, 6) is -0.833. The van der Waals surface area contributed by atoms with Crippen LogP contribution in [0.2, 0.25) is 0 Å². The number of carbonyl (C=O) groups is 1. The van der Waals surface area contributed by atoms with Crippen molar-refractivity contribution in [2.45, 2.75) is 11.8 Å². The summed E-state index contributed by atoms with van der Waals surface area (Å²) in [7, 11) is -3.63. The Labute approximate surface area is 117 Å². The molecule has 0 aliphatic carbocycles. The van der Waals surface area contributed by atoms with Gasteiger partial charge in [-0.3, -0.25) is 4.79 Å². The third-order valence-electron chi connectivity index (χ3n) is 2.27. The van der Waals surface area contributed by atoms with Gasteiger partial charge in [0.15, 0.2) is 0 Å². The Morgan fingerprint density at radius 3 is 2.00 bits per heavy atom. The highest BCUT2D eigenvalue weighted by Gasteiger charge is 2.08. The molecule has 0 fully saturated rings. The van der Waals surface area contributed by atoms with Crippen molar-refractivity contribution < 1.29 is 18.3 Å². The third-order valence-corrected chi connectivity index (χ3v) is 3.18. The van der Waals surface area contributed by atoms with Crippen LogP contribution < -0.4 is 5.14 Å². The lowest BCUT2D eigenvalue weighted by Crippen LogP contribution is -2.11. The number of nitrogens with two attached hydrogens (primary N) is 1. The van der Waals surface area contributed by atoms with Gasteiger partial charge in [0, 0.05) is 6.92 Å². The van der Waals surface area contributed by atoms with E-state index in [9.17, 15) is 8.42 Å². The van der Waals surface area contributed by atoms with Crippen LogP contribution in [0.1, 0.15) is 6.92 Å². The lowest BCUT2D eigenvalue weighted by Gasteiger charge is -2.03. The summed E-state index contributed by atoms with van der Waals surface area (Å²) >= 11 is 0. The molecule has 0 saturated heterocycles. The molecule has 3 N–H and O–H groups in total. The van der Waals surface area contributed by atoms with Crippen molar-refractivity contribution in [3.05, 3.63) is 54.6 Å². The summed E-state index contributed by atoms with van der Waals surface area (Å²) in [4.78, 5) is 9.13. The molecule has 0 aliphatic rings. The summed E-state index contributed by atoms with van der Waals surface area (Å²) in [6.07, 6.45) is 0. The maximum absolute atomic E-state index is 11.2. The van der Waals surface area contributed by atoms with Crippen molar-refractivity contribution in [3.63, 3.8) is 0 Å². The number of carboxylic acids is 1. The molecule has 0 bridgehead atoms. The Morgan fingerprint density at radius 1 is 1.00 bits per heavy atom. The molecule has 0 radical (unpaired) electrons. The summed E-state index contributed by atoms with van der Waals surface area (Å²) in [5, 5.41) is 12.5. The Bertz CT molecular complexity index is 677. The van der Waals surface area contributed by atoms with Crippen LogP contribution in [0.5, 0.6) is 0 Å². The molecule has 5 nitrogen and oxygen atoms in total. The van der Waals surface area contributed by atoms with Crippen molar-refractivity contribution in [1.82, 2.24) is 0 Å². The van der Waals surface area contributed by atoms with Crippen LogP contribution in [-0.4, -0.2) is 19.5 Å². The predicted molar refractivity (Wildman–Crippen MR) is 76.6 cm³/mol. The molecular weight excluding hydrogens is 278 g/mol. The minimum atomic E-state index is -3.63. The van der Waals surface area contributed by atoms with E-state index in [1.54, 1.807) is 12.1 Å². The third kappa shape index (κ3) is 5.21. The second-order valence-electron chi connectivity index (χ2n) is 3.96. The van der Waals surface area contributed by atoms with Gasteiger partial charge < -0.3 is 5.11 Å². The van der Waals surface area contributed by atoms with Gasteiger partial charge in [0.1, 0.15) is 0 Å². The van der Waals surface area contributed by atoms with Crippen LogP contribution in [0.3, 0.4) is 0 Å². The molecule has 2 aromatic rings. The molecule has 0 atom stereocenters. The zero-order valence-electron chi connectivity index (χ0n) is 10.9. The molecule has 0 unspecified atom stereocenters. The lowest BCUT2D eigenvalue weighted by molar-refractivity contribution is -0.134. The average Bonchev–Trinajstić information content (AvgIpc) is 2.38. The first kappa shape index (κ1) is 15.9. The summed E-state index contributed by atoms with van der Waals surface area (Å²) in [6, 6.07) is 16.1. The topological polar surface area (TPSA) is 97.5 Å². The molecule has 0 spiro atoms. The first-order valence-corrected chi connectivity index (χ1v) is 7.23. The minimum absolute atomic E-state index is 0.133. The van der Waals surface area contributed by atoms with Gasteiger partial charge in [0.25, 0.3) is 5.97 Å². The molecule has 2 rings (SSSR count). The Balaban J connectivity index is 0.000000444. The van der Waals surface area contributed by atoms with E-state index in [0.29, 0.717) is 0 Å². The van der Waals surface area contributed by atoms with Crippen molar-refractivity contribution in [2.75, 3.05) is 0 Å². The van der Waals surface area contributed by atoms with Gasteiger partial charge in [-0.2, -0.15) is 0 Å². The van der Waals surface area contributed by atoms with Gasteiger partial charge >= 0.3 is 0 Å². The second-order valence-corrected chi connectivity index (χ2v) is 5.52. The van der Waals surface area contributed by atoms with Crippen LogP contribution in [0.15, 0.2) is 59.5 Å². The number of hydrogen-bond donors (Lipinski definition) is 2. The largest absolute Gasteiger partial charge is 0.481 e. The molecule has 0 saturated carbocycles. The van der Waals surface area contributed by atoms with Crippen LogP contribution in [0.4, 0.5) is 0 Å². The first-order chi connectivity index (χ1) is 9.30. The summed E-state index contributed by atoms with van der Waals surface area (Å²) in [6.45, 7) is 1.08. The SMILES string of the molecule is CC(=O)O.NS(=O)(=O)c1cccc(-c2ccccc2)c1. The van der Waals surface area contributed by atoms with Gasteiger partial charge in [0.05, 0.1) is 4.90 Å². The normalized spacial score (nSPS) is 10.3. The highest BCUT2D eigenvalue weighted by Crippen LogP contribution is 2.21. The predicted octanol–water partition coefficient (Wildman–Crippen LogP) is 2.09. The van der Waals surface area contributed by atoms with E-state index in [1.165, 1.54) is 6.07 Å². The number of sulfonamides is 1. The quantitative estimate of drug-likeness (QED) is 0.885. The highest BCUT2D eigenvalue weighted by molar-refractivity contribution is 7.89. The van der Waals surface area contributed by atoms with E-state index in [-0.39, 0.29) is 4.90 Å². The monoisotopic (exact) mass is 293 g/mol. The molecule has 0 aromatic heterocycles. The van der Waals surface area contributed by atoms with Crippen molar-refractivity contribution in [3.8, 4) is 11.1 Å². The van der Waals surface area contributed by atoms with E-state index in [1.807, 2.05) is 36.4 Å². The second kappa shape index (κ2) is 6.83. The molecule has 0 heterocycles.